The van der Waals surface area contributed by atoms with Crippen molar-refractivity contribution in [3.05, 3.63) is 56.0 Å². The molecule has 0 bridgehead atoms. The van der Waals surface area contributed by atoms with Crippen LogP contribution in [0.4, 0.5) is 0 Å². The lowest BCUT2D eigenvalue weighted by Gasteiger charge is -2.15. The standard InChI is InChI=1S/C17H18BrCl2NO2/c1-22-16-6-5-14(18)13(17(16)23-2)10-21-8-7-11-3-4-12(19)9-15(11)20/h3-6,9,21H,7-8,10H2,1-2H3. The molecule has 0 saturated carbocycles. The number of halogens is 3. The van der Waals surface area contributed by atoms with Crippen molar-refractivity contribution in [3.63, 3.8) is 0 Å². The van der Waals surface area contributed by atoms with Crippen LogP contribution in [-0.2, 0) is 13.0 Å². The second-order valence-electron chi connectivity index (χ2n) is 4.92. The summed E-state index contributed by atoms with van der Waals surface area (Å²) in [5.41, 5.74) is 2.09. The van der Waals surface area contributed by atoms with Gasteiger partial charge in [-0.2, -0.15) is 0 Å². The number of ether oxygens (including phenoxy) is 2. The van der Waals surface area contributed by atoms with Crippen LogP contribution in [0.3, 0.4) is 0 Å². The molecule has 6 heteroatoms. The van der Waals surface area contributed by atoms with Crippen LogP contribution in [0.15, 0.2) is 34.8 Å². The molecule has 2 rings (SSSR count). The van der Waals surface area contributed by atoms with Crippen LogP contribution in [0.2, 0.25) is 10.0 Å². The molecule has 124 valence electrons. The van der Waals surface area contributed by atoms with Crippen LogP contribution in [0.5, 0.6) is 11.5 Å². The Balaban J connectivity index is 1.99. The van der Waals surface area contributed by atoms with Gasteiger partial charge in [-0.3, -0.25) is 0 Å². The van der Waals surface area contributed by atoms with Crippen molar-refractivity contribution in [1.82, 2.24) is 5.32 Å². The van der Waals surface area contributed by atoms with Gasteiger partial charge >= 0.3 is 0 Å². The second kappa shape index (κ2) is 8.78. The van der Waals surface area contributed by atoms with Crippen LogP contribution in [0, 0.1) is 0 Å². The minimum absolute atomic E-state index is 0.650. The van der Waals surface area contributed by atoms with E-state index in [1.807, 2.05) is 24.3 Å². The summed E-state index contributed by atoms with van der Waals surface area (Å²) >= 11 is 15.6. The zero-order valence-corrected chi connectivity index (χ0v) is 16.1. The van der Waals surface area contributed by atoms with E-state index < -0.39 is 0 Å². The summed E-state index contributed by atoms with van der Waals surface area (Å²) in [7, 11) is 3.27. The highest BCUT2D eigenvalue weighted by molar-refractivity contribution is 9.10. The first-order chi connectivity index (χ1) is 11.1. The zero-order chi connectivity index (χ0) is 16.8. The smallest absolute Gasteiger partial charge is 0.166 e. The van der Waals surface area contributed by atoms with E-state index in [1.54, 1.807) is 20.3 Å². The van der Waals surface area contributed by atoms with Crippen LogP contribution < -0.4 is 14.8 Å². The molecule has 0 aliphatic rings. The van der Waals surface area contributed by atoms with E-state index in [1.165, 1.54) is 0 Å². The molecule has 0 aliphatic heterocycles. The first kappa shape index (κ1) is 18.4. The Hall–Kier alpha value is -0.940. The fourth-order valence-electron chi connectivity index (χ4n) is 2.29. The molecule has 2 aromatic rings. The molecule has 0 amide bonds. The third-order valence-corrected chi connectivity index (χ3v) is 4.81. The van der Waals surface area contributed by atoms with Crippen LogP contribution in [0.25, 0.3) is 0 Å². The molecule has 23 heavy (non-hydrogen) atoms. The summed E-state index contributed by atoms with van der Waals surface area (Å²) in [5, 5.41) is 4.75. The van der Waals surface area contributed by atoms with Crippen molar-refractivity contribution in [2.24, 2.45) is 0 Å². The fraction of sp³-hybridized carbons (Fsp3) is 0.294. The minimum Gasteiger partial charge on any atom is -0.493 e. The molecule has 0 radical (unpaired) electrons. The van der Waals surface area contributed by atoms with Gasteiger partial charge in [0.05, 0.1) is 14.2 Å². The van der Waals surface area contributed by atoms with Crippen molar-refractivity contribution >= 4 is 39.1 Å². The predicted molar refractivity (Wildman–Crippen MR) is 99.1 cm³/mol. The summed E-state index contributed by atoms with van der Waals surface area (Å²) in [6.07, 6.45) is 0.819. The van der Waals surface area contributed by atoms with Crippen molar-refractivity contribution in [2.75, 3.05) is 20.8 Å². The van der Waals surface area contributed by atoms with Gasteiger partial charge in [0.2, 0.25) is 0 Å². The lowest BCUT2D eigenvalue weighted by molar-refractivity contribution is 0.350. The van der Waals surface area contributed by atoms with E-state index >= 15 is 0 Å². The number of nitrogens with one attached hydrogen (secondary N) is 1. The van der Waals surface area contributed by atoms with Crippen LogP contribution >= 0.6 is 39.1 Å². The van der Waals surface area contributed by atoms with E-state index in [9.17, 15) is 0 Å². The van der Waals surface area contributed by atoms with E-state index in [0.29, 0.717) is 22.3 Å². The normalized spacial score (nSPS) is 10.7. The Morgan fingerprint density at radius 3 is 2.52 bits per heavy atom. The van der Waals surface area contributed by atoms with Crippen molar-refractivity contribution in [2.45, 2.75) is 13.0 Å². The zero-order valence-electron chi connectivity index (χ0n) is 13.0. The molecular formula is C17H18BrCl2NO2. The van der Waals surface area contributed by atoms with Crippen LogP contribution in [-0.4, -0.2) is 20.8 Å². The average Bonchev–Trinajstić information content (AvgIpc) is 2.54. The van der Waals surface area contributed by atoms with E-state index in [-0.39, 0.29) is 0 Å². The number of benzene rings is 2. The van der Waals surface area contributed by atoms with Gasteiger partial charge in [-0.15, -0.1) is 0 Å². The van der Waals surface area contributed by atoms with Crippen LogP contribution in [0.1, 0.15) is 11.1 Å². The van der Waals surface area contributed by atoms with Crippen molar-refractivity contribution in [3.8, 4) is 11.5 Å². The van der Waals surface area contributed by atoms with Gasteiger partial charge in [0.1, 0.15) is 0 Å². The number of methoxy groups -OCH3 is 2. The Labute approximate surface area is 155 Å². The SMILES string of the molecule is COc1ccc(Br)c(CNCCc2ccc(Cl)cc2Cl)c1OC. The maximum Gasteiger partial charge on any atom is 0.166 e. The third-order valence-electron chi connectivity index (χ3n) is 3.48. The minimum atomic E-state index is 0.650. The summed E-state index contributed by atoms with van der Waals surface area (Å²) in [6.45, 7) is 1.44. The van der Waals surface area contributed by atoms with Gasteiger partial charge in [-0.05, 0) is 42.8 Å². The molecule has 0 aliphatic carbocycles. The highest BCUT2D eigenvalue weighted by Gasteiger charge is 2.13. The summed E-state index contributed by atoms with van der Waals surface area (Å²) in [5.74, 6) is 1.45. The quantitative estimate of drug-likeness (QED) is 0.634. The lowest BCUT2D eigenvalue weighted by atomic mass is 10.1. The van der Waals surface area contributed by atoms with Gasteiger partial charge in [0.15, 0.2) is 11.5 Å². The van der Waals surface area contributed by atoms with Gasteiger partial charge < -0.3 is 14.8 Å². The van der Waals surface area contributed by atoms with Gasteiger partial charge in [0.25, 0.3) is 0 Å². The van der Waals surface area contributed by atoms with E-state index in [2.05, 4.69) is 21.2 Å². The van der Waals surface area contributed by atoms with Gasteiger partial charge in [0, 0.05) is 26.6 Å². The largest absolute Gasteiger partial charge is 0.493 e. The first-order valence-corrected chi connectivity index (χ1v) is 8.65. The molecule has 0 unspecified atom stereocenters. The van der Waals surface area contributed by atoms with E-state index in [0.717, 1.165) is 34.3 Å². The Morgan fingerprint density at radius 1 is 1.09 bits per heavy atom. The molecule has 0 fully saturated rings. The Morgan fingerprint density at radius 2 is 1.87 bits per heavy atom. The van der Waals surface area contributed by atoms with Crippen molar-refractivity contribution < 1.29 is 9.47 Å². The van der Waals surface area contributed by atoms with Gasteiger partial charge in [-0.25, -0.2) is 0 Å². The average molecular weight is 419 g/mol. The van der Waals surface area contributed by atoms with Crippen molar-refractivity contribution in [1.29, 1.82) is 0 Å². The molecule has 0 atom stereocenters. The molecule has 2 aromatic carbocycles. The van der Waals surface area contributed by atoms with Gasteiger partial charge in [-0.1, -0.05) is 45.2 Å². The maximum atomic E-state index is 6.18. The predicted octanol–water partition coefficient (Wildman–Crippen LogP) is 5.11. The topological polar surface area (TPSA) is 30.5 Å². The van der Waals surface area contributed by atoms with E-state index in [4.69, 9.17) is 32.7 Å². The molecule has 0 aromatic heterocycles. The molecule has 0 heterocycles. The summed E-state index contributed by atoms with van der Waals surface area (Å²) in [4.78, 5) is 0. The number of hydrogen-bond acceptors (Lipinski definition) is 3. The molecule has 1 N–H and O–H groups in total. The highest BCUT2D eigenvalue weighted by Crippen LogP contribution is 2.35. The summed E-state index contributed by atoms with van der Waals surface area (Å²) in [6, 6.07) is 9.40. The highest BCUT2D eigenvalue weighted by atomic mass is 79.9. The Bertz CT molecular complexity index is 680. The Kier molecular flexibility index (Phi) is 7.03. The number of hydrogen-bond donors (Lipinski definition) is 1. The first-order valence-electron chi connectivity index (χ1n) is 7.10. The molecule has 3 nitrogen and oxygen atoms in total. The fourth-order valence-corrected chi connectivity index (χ4v) is 3.25. The maximum absolute atomic E-state index is 6.18. The molecule has 0 spiro atoms. The lowest BCUT2D eigenvalue weighted by Crippen LogP contribution is -2.18. The molecular weight excluding hydrogens is 401 g/mol. The molecule has 0 saturated heterocycles. The third kappa shape index (κ3) is 4.77. The monoisotopic (exact) mass is 417 g/mol. The number of rotatable bonds is 7. The second-order valence-corrected chi connectivity index (χ2v) is 6.62. The summed E-state index contributed by atoms with van der Waals surface area (Å²) < 4.78 is 11.8.